The van der Waals surface area contributed by atoms with Gasteiger partial charge in [0.05, 0.1) is 43.5 Å². The van der Waals surface area contributed by atoms with Crippen LogP contribution in [0.25, 0.3) is 0 Å². The molecule has 2 aromatic rings. The lowest BCUT2D eigenvalue weighted by atomic mass is 9.82. The molecule has 35 heavy (non-hydrogen) atoms. The summed E-state index contributed by atoms with van der Waals surface area (Å²) in [5.74, 6) is 0.754. The van der Waals surface area contributed by atoms with Gasteiger partial charge in [0, 0.05) is 29.3 Å². The first-order chi connectivity index (χ1) is 16.9. The quantitative estimate of drug-likeness (QED) is 0.363. The minimum Gasteiger partial charge on any atom is -0.496 e. The van der Waals surface area contributed by atoms with E-state index in [1.54, 1.807) is 32.4 Å². The molecule has 0 bridgehead atoms. The summed E-state index contributed by atoms with van der Waals surface area (Å²) in [6, 6.07) is 10.8. The van der Waals surface area contributed by atoms with Crippen molar-refractivity contribution < 1.29 is 23.8 Å². The molecule has 1 amide bonds. The lowest BCUT2D eigenvalue weighted by molar-refractivity contribution is -0.146. The number of halogens is 2. The first kappa shape index (κ1) is 27.3. The Bertz CT molecular complexity index is 1030. The van der Waals surface area contributed by atoms with E-state index in [4.69, 9.17) is 25.8 Å². The largest absolute Gasteiger partial charge is 0.496 e. The van der Waals surface area contributed by atoms with Crippen LogP contribution in [0.4, 0.5) is 5.69 Å². The van der Waals surface area contributed by atoms with Crippen molar-refractivity contribution >= 4 is 45.1 Å². The third-order valence-corrected chi connectivity index (χ3v) is 7.20. The molecule has 9 heteroatoms. The van der Waals surface area contributed by atoms with Gasteiger partial charge >= 0.3 is 5.97 Å². The molecule has 190 valence electrons. The SMILES string of the molecule is COCC(Nc1ccc(C(=O)NC[C@H]2CC[C@H](C(=O)OC)CC2)cc1Cl)c1cc(Br)ccc1OC. The third-order valence-electron chi connectivity index (χ3n) is 6.39. The van der Waals surface area contributed by atoms with Crippen LogP contribution in [0.1, 0.15) is 47.6 Å². The maximum Gasteiger partial charge on any atom is 0.308 e. The normalized spacial score (nSPS) is 18.4. The van der Waals surface area contributed by atoms with Crippen molar-refractivity contribution in [3.63, 3.8) is 0 Å². The Morgan fingerprint density at radius 3 is 2.46 bits per heavy atom. The summed E-state index contributed by atoms with van der Waals surface area (Å²) in [6.07, 6.45) is 3.38. The van der Waals surface area contributed by atoms with Crippen LogP contribution in [-0.4, -0.2) is 46.4 Å². The number of rotatable bonds is 10. The number of nitrogens with one attached hydrogen (secondary N) is 2. The topological polar surface area (TPSA) is 85.9 Å². The Balaban J connectivity index is 1.62. The Hall–Kier alpha value is -2.29. The number of amides is 1. The second kappa shape index (κ2) is 13.1. The molecule has 1 fully saturated rings. The van der Waals surface area contributed by atoms with Gasteiger partial charge in [0.15, 0.2) is 0 Å². The zero-order valence-electron chi connectivity index (χ0n) is 20.2. The molecule has 1 aliphatic carbocycles. The molecule has 0 heterocycles. The van der Waals surface area contributed by atoms with Gasteiger partial charge in [-0.2, -0.15) is 0 Å². The van der Waals surface area contributed by atoms with Gasteiger partial charge in [0.2, 0.25) is 0 Å². The molecule has 1 aliphatic rings. The molecular formula is C26H32BrClN2O5. The van der Waals surface area contributed by atoms with E-state index in [1.807, 2.05) is 18.2 Å². The summed E-state index contributed by atoms with van der Waals surface area (Å²) >= 11 is 10.1. The zero-order valence-corrected chi connectivity index (χ0v) is 22.6. The van der Waals surface area contributed by atoms with Crippen LogP contribution in [0.2, 0.25) is 5.02 Å². The van der Waals surface area contributed by atoms with E-state index in [9.17, 15) is 9.59 Å². The lowest BCUT2D eigenvalue weighted by Gasteiger charge is -2.27. The van der Waals surface area contributed by atoms with E-state index in [1.165, 1.54) is 7.11 Å². The average molecular weight is 568 g/mol. The second-order valence-electron chi connectivity index (χ2n) is 8.68. The Kier molecular flexibility index (Phi) is 10.2. The smallest absolute Gasteiger partial charge is 0.308 e. The Morgan fingerprint density at radius 1 is 1.09 bits per heavy atom. The fourth-order valence-electron chi connectivity index (χ4n) is 4.42. The number of esters is 1. The van der Waals surface area contributed by atoms with Crippen molar-refractivity contribution in [1.82, 2.24) is 5.32 Å². The number of carbonyl (C=O) groups excluding carboxylic acids is 2. The van der Waals surface area contributed by atoms with E-state index in [2.05, 4.69) is 26.6 Å². The third kappa shape index (κ3) is 7.35. The minimum absolute atomic E-state index is 0.0234. The van der Waals surface area contributed by atoms with E-state index in [-0.39, 0.29) is 23.8 Å². The van der Waals surface area contributed by atoms with E-state index >= 15 is 0 Å². The van der Waals surface area contributed by atoms with Gasteiger partial charge < -0.3 is 24.8 Å². The van der Waals surface area contributed by atoms with Crippen LogP contribution >= 0.6 is 27.5 Å². The van der Waals surface area contributed by atoms with Gasteiger partial charge in [-0.05, 0) is 68.0 Å². The first-order valence-corrected chi connectivity index (χ1v) is 12.8. The molecule has 1 atom stereocenters. The number of methoxy groups -OCH3 is 3. The summed E-state index contributed by atoms with van der Waals surface area (Å²) < 4.78 is 16.7. The van der Waals surface area contributed by atoms with Gasteiger partial charge in [-0.1, -0.05) is 27.5 Å². The van der Waals surface area contributed by atoms with Crippen LogP contribution in [0, 0.1) is 11.8 Å². The summed E-state index contributed by atoms with van der Waals surface area (Å²) in [4.78, 5) is 24.4. The van der Waals surface area contributed by atoms with Crippen LogP contribution in [0.3, 0.4) is 0 Å². The van der Waals surface area contributed by atoms with Crippen LogP contribution in [0.5, 0.6) is 5.75 Å². The van der Waals surface area contributed by atoms with E-state index in [0.29, 0.717) is 35.3 Å². The van der Waals surface area contributed by atoms with Crippen LogP contribution in [-0.2, 0) is 14.3 Å². The standard InChI is InChI=1S/C26H32BrClN2O5/c1-33-15-23(20-13-19(27)9-11-24(20)34-2)30-22-10-8-18(12-21(22)28)25(31)29-14-16-4-6-17(7-5-16)26(32)35-3/h8-13,16-17,23,30H,4-7,14-15H2,1-3H3,(H,29,31)/t16-,17-,23?. The molecule has 1 unspecified atom stereocenters. The van der Waals surface area contributed by atoms with Gasteiger partial charge in [-0.25, -0.2) is 0 Å². The Labute approximate surface area is 220 Å². The summed E-state index contributed by atoms with van der Waals surface area (Å²) in [5.41, 5.74) is 2.10. The number of benzene rings is 2. The number of anilines is 1. The highest BCUT2D eigenvalue weighted by atomic mass is 79.9. The highest BCUT2D eigenvalue weighted by molar-refractivity contribution is 9.10. The predicted octanol–water partition coefficient (Wildman–Crippen LogP) is 5.62. The van der Waals surface area contributed by atoms with Gasteiger partial charge in [-0.15, -0.1) is 0 Å². The highest BCUT2D eigenvalue weighted by Crippen LogP contribution is 2.34. The van der Waals surface area contributed by atoms with E-state index in [0.717, 1.165) is 41.5 Å². The van der Waals surface area contributed by atoms with Gasteiger partial charge in [-0.3, -0.25) is 9.59 Å². The Morgan fingerprint density at radius 2 is 1.83 bits per heavy atom. The number of hydrogen-bond acceptors (Lipinski definition) is 6. The van der Waals surface area contributed by atoms with Gasteiger partial charge in [0.25, 0.3) is 5.91 Å². The fraction of sp³-hybridized carbons (Fsp3) is 0.462. The van der Waals surface area contributed by atoms with Crippen LogP contribution < -0.4 is 15.4 Å². The highest BCUT2D eigenvalue weighted by Gasteiger charge is 2.27. The fourth-order valence-corrected chi connectivity index (χ4v) is 5.04. The summed E-state index contributed by atoms with van der Waals surface area (Å²) in [6.45, 7) is 0.965. The second-order valence-corrected chi connectivity index (χ2v) is 10.0. The number of carbonyl (C=O) groups is 2. The molecular weight excluding hydrogens is 536 g/mol. The van der Waals surface area contributed by atoms with Crippen molar-refractivity contribution in [2.75, 3.05) is 39.8 Å². The molecule has 3 rings (SSSR count). The molecule has 7 nitrogen and oxygen atoms in total. The van der Waals surface area contributed by atoms with Crippen molar-refractivity contribution in [3.05, 3.63) is 57.0 Å². The molecule has 0 spiro atoms. The maximum absolute atomic E-state index is 12.7. The van der Waals surface area contributed by atoms with E-state index < -0.39 is 0 Å². The molecule has 0 aliphatic heterocycles. The molecule has 0 saturated heterocycles. The van der Waals surface area contributed by atoms with Crippen molar-refractivity contribution in [2.24, 2.45) is 11.8 Å². The molecule has 1 saturated carbocycles. The average Bonchev–Trinajstić information content (AvgIpc) is 2.87. The summed E-state index contributed by atoms with van der Waals surface area (Å²) in [5, 5.41) is 6.85. The molecule has 0 aromatic heterocycles. The van der Waals surface area contributed by atoms with Crippen LogP contribution in [0.15, 0.2) is 40.9 Å². The number of hydrogen-bond donors (Lipinski definition) is 2. The monoisotopic (exact) mass is 566 g/mol. The maximum atomic E-state index is 12.7. The predicted molar refractivity (Wildman–Crippen MR) is 140 cm³/mol. The zero-order chi connectivity index (χ0) is 25.4. The first-order valence-electron chi connectivity index (χ1n) is 11.6. The lowest BCUT2D eigenvalue weighted by Crippen LogP contribution is -2.32. The summed E-state index contributed by atoms with van der Waals surface area (Å²) in [7, 11) is 4.69. The van der Waals surface area contributed by atoms with Crippen molar-refractivity contribution in [2.45, 2.75) is 31.7 Å². The van der Waals surface area contributed by atoms with Gasteiger partial charge in [0.1, 0.15) is 5.75 Å². The van der Waals surface area contributed by atoms with Crippen molar-refractivity contribution in [1.29, 1.82) is 0 Å². The molecule has 0 radical (unpaired) electrons. The molecule has 2 N–H and O–H groups in total. The van der Waals surface area contributed by atoms with Crippen molar-refractivity contribution in [3.8, 4) is 5.75 Å². The molecule has 2 aromatic carbocycles. The number of ether oxygens (including phenoxy) is 3. The minimum atomic E-state index is -0.218.